The van der Waals surface area contributed by atoms with Gasteiger partial charge in [-0.2, -0.15) is 0 Å². The average Bonchev–Trinajstić information content (AvgIpc) is 2.91. The third-order valence-corrected chi connectivity index (χ3v) is 5.77. The van der Waals surface area contributed by atoms with E-state index >= 15 is 0 Å². The highest BCUT2D eigenvalue weighted by molar-refractivity contribution is 8.00. The molecular weight excluding hydrogens is 250 g/mol. The topological polar surface area (TPSA) is 57.6 Å². The molecule has 2 saturated carbocycles. The maximum Gasteiger partial charge on any atom is 0.327 e. The second kappa shape index (κ2) is 4.76. The van der Waals surface area contributed by atoms with E-state index in [-0.39, 0.29) is 17.2 Å². The van der Waals surface area contributed by atoms with E-state index in [1.807, 2.05) is 0 Å². The van der Waals surface area contributed by atoms with Crippen LogP contribution in [0.25, 0.3) is 0 Å². The minimum absolute atomic E-state index is 0.0896. The molecule has 0 spiro atoms. The van der Waals surface area contributed by atoms with Crippen LogP contribution in [0, 0.1) is 11.8 Å². The van der Waals surface area contributed by atoms with E-state index < -0.39 is 12.0 Å². The molecule has 4 nitrogen and oxygen atoms in total. The molecule has 0 bridgehead atoms. The molecule has 1 aliphatic heterocycles. The van der Waals surface area contributed by atoms with Gasteiger partial charge >= 0.3 is 5.97 Å². The molecule has 1 N–H and O–H groups in total. The lowest BCUT2D eigenvalue weighted by atomic mass is 10.0. The number of carboxylic acids is 1. The number of carbonyl (C=O) groups is 2. The Kier molecular flexibility index (Phi) is 3.26. The normalized spacial score (nSPS) is 33.0. The van der Waals surface area contributed by atoms with Crippen molar-refractivity contribution < 1.29 is 14.7 Å². The predicted molar refractivity (Wildman–Crippen MR) is 69.2 cm³/mol. The zero-order chi connectivity index (χ0) is 12.7. The Hall–Kier alpha value is -0.710. The summed E-state index contributed by atoms with van der Waals surface area (Å²) in [5.74, 6) is 0.477. The van der Waals surface area contributed by atoms with Crippen molar-refractivity contribution in [1.82, 2.24) is 4.90 Å². The van der Waals surface area contributed by atoms with Crippen LogP contribution in [0.3, 0.4) is 0 Å². The van der Waals surface area contributed by atoms with Gasteiger partial charge in [0, 0.05) is 11.7 Å². The molecule has 100 valence electrons. The van der Waals surface area contributed by atoms with Crippen molar-refractivity contribution in [3.8, 4) is 0 Å². The molecule has 0 aromatic heterocycles. The van der Waals surface area contributed by atoms with E-state index in [9.17, 15) is 14.7 Å². The highest BCUT2D eigenvalue weighted by Crippen LogP contribution is 2.46. The van der Waals surface area contributed by atoms with Crippen molar-refractivity contribution in [3.63, 3.8) is 0 Å². The first-order valence-corrected chi connectivity index (χ1v) is 7.90. The summed E-state index contributed by atoms with van der Waals surface area (Å²) in [7, 11) is 0. The second-order valence-electron chi connectivity index (χ2n) is 5.64. The summed E-state index contributed by atoms with van der Waals surface area (Å²) in [6.07, 6.45) is 6.43. The van der Waals surface area contributed by atoms with Crippen molar-refractivity contribution in [1.29, 1.82) is 0 Å². The Morgan fingerprint density at radius 2 is 1.78 bits per heavy atom. The number of hydrogen-bond donors (Lipinski definition) is 1. The molecule has 3 fully saturated rings. The van der Waals surface area contributed by atoms with Gasteiger partial charge in [-0.05, 0) is 31.6 Å². The summed E-state index contributed by atoms with van der Waals surface area (Å²) in [6.45, 7) is 0. The smallest absolute Gasteiger partial charge is 0.327 e. The monoisotopic (exact) mass is 269 g/mol. The lowest BCUT2D eigenvalue weighted by molar-refractivity contribution is -0.151. The quantitative estimate of drug-likeness (QED) is 0.850. The van der Waals surface area contributed by atoms with Gasteiger partial charge in [-0.25, -0.2) is 4.79 Å². The van der Waals surface area contributed by atoms with Crippen LogP contribution in [-0.4, -0.2) is 39.1 Å². The van der Waals surface area contributed by atoms with Gasteiger partial charge in [0.05, 0.1) is 5.37 Å². The molecule has 2 unspecified atom stereocenters. The van der Waals surface area contributed by atoms with Crippen molar-refractivity contribution in [3.05, 3.63) is 0 Å². The summed E-state index contributed by atoms with van der Waals surface area (Å²) in [4.78, 5) is 25.6. The second-order valence-corrected chi connectivity index (χ2v) is 6.79. The molecule has 0 aromatic rings. The van der Waals surface area contributed by atoms with Crippen LogP contribution in [0.15, 0.2) is 0 Å². The minimum Gasteiger partial charge on any atom is -0.480 e. The van der Waals surface area contributed by atoms with Crippen LogP contribution in [0.1, 0.15) is 38.5 Å². The van der Waals surface area contributed by atoms with E-state index in [0.29, 0.717) is 11.7 Å². The highest BCUT2D eigenvalue weighted by Gasteiger charge is 2.49. The summed E-state index contributed by atoms with van der Waals surface area (Å²) in [5.41, 5.74) is 0. The Balaban J connectivity index is 1.78. The standard InChI is InChI=1S/C13H19NO3S/c15-11(8-3-1-2-4-8)14-10(13(16)17)7-18-12(14)9-5-6-9/h8-10,12H,1-7H2,(H,16,17). The number of hydrogen-bond acceptors (Lipinski definition) is 3. The summed E-state index contributed by atoms with van der Waals surface area (Å²) in [5, 5.41) is 9.43. The average molecular weight is 269 g/mol. The molecule has 1 saturated heterocycles. The number of amides is 1. The zero-order valence-electron chi connectivity index (χ0n) is 10.4. The fraction of sp³-hybridized carbons (Fsp3) is 0.846. The molecule has 3 aliphatic rings. The van der Waals surface area contributed by atoms with Gasteiger partial charge in [-0.3, -0.25) is 4.79 Å². The Bertz CT molecular complexity index is 363. The maximum absolute atomic E-state index is 12.6. The largest absolute Gasteiger partial charge is 0.480 e. The Labute approximate surface area is 111 Å². The SMILES string of the molecule is O=C(O)C1CSC(C2CC2)N1C(=O)C1CCCC1. The molecule has 2 aliphatic carbocycles. The third kappa shape index (κ3) is 2.13. The number of aliphatic carboxylic acids is 1. The molecular formula is C13H19NO3S. The van der Waals surface area contributed by atoms with E-state index in [4.69, 9.17) is 0 Å². The molecule has 1 amide bonds. The Morgan fingerprint density at radius 1 is 1.11 bits per heavy atom. The van der Waals surface area contributed by atoms with Crippen LogP contribution in [-0.2, 0) is 9.59 Å². The number of carboxylic acid groups (broad SMARTS) is 1. The van der Waals surface area contributed by atoms with Gasteiger partial charge in [-0.1, -0.05) is 12.8 Å². The molecule has 18 heavy (non-hydrogen) atoms. The first kappa shape index (κ1) is 12.3. The van der Waals surface area contributed by atoms with Crippen LogP contribution >= 0.6 is 11.8 Å². The number of carbonyl (C=O) groups excluding carboxylic acids is 1. The Morgan fingerprint density at radius 3 is 2.33 bits per heavy atom. The molecule has 0 radical (unpaired) electrons. The molecule has 3 rings (SSSR count). The molecule has 5 heteroatoms. The fourth-order valence-electron chi connectivity index (χ4n) is 3.13. The van der Waals surface area contributed by atoms with Crippen LogP contribution in [0.2, 0.25) is 0 Å². The van der Waals surface area contributed by atoms with Gasteiger partial charge in [0.1, 0.15) is 6.04 Å². The van der Waals surface area contributed by atoms with E-state index in [1.54, 1.807) is 16.7 Å². The van der Waals surface area contributed by atoms with Gasteiger partial charge in [-0.15, -0.1) is 11.8 Å². The van der Waals surface area contributed by atoms with Crippen molar-refractivity contribution in [2.24, 2.45) is 11.8 Å². The van der Waals surface area contributed by atoms with Crippen molar-refractivity contribution in [2.45, 2.75) is 49.9 Å². The van der Waals surface area contributed by atoms with E-state index in [0.717, 1.165) is 38.5 Å². The molecule has 2 atom stereocenters. The van der Waals surface area contributed by atoms with Crippen LogP contribution in [0.4, 0.5) is 0 Å². The fourth-order valence-corrected chi connectivity index (χ4v) is 4.76. The van der Waals surface area contributed by atoms with Crippen molar-refractivity contribution >= 4 is 23.6 Å². The zero-order valence-corrected chi connectivity index (χ0v) is 11.2. The first-order valence-electron chi connectivity index (χ1n) is 6.85. The first-order chi connectivity index (χ1) is 8.68. The van der Waals surface area contributed by atoms with Crippen molar-refractivity contribution in [2.75, 3.05) is 5.75 Å². The number of nitrogens with zero attached hydrogens (tertiary/aromatic N) is 1. The van der Waals surface area contributed by atoms with Gasteiger partial charge in [0.15, 0.2) is 0 Å². The predicted octanol–water partition coefficient (Wildman–Crippen LogP) is 1.94. The third-order valence-electron chi connectivity index (χ3n) is 4.30. The molecule has 1 heterocycles. The highest BCUT2D eigenvalue weighted by atomic mass is 32.2. The number of rotatable bonds is 3. The van der Waals surface area contributed by atoms with Gasteiger partial charge in [0.25, 0.3) is 0 Å². The lowest BCUT2D eigenvalue weighted by Crippen LogP contribution is -2.48. The van der Waals surface area contributed by atoms with E-state index in [2.05, 4.69) is 0 Å². The van der Waals surface area contributed by atoms with E-state index in [1.165, 1.54) is 0 Å². The maximum atomic E-state index is 12.6. The summed E-state index contributed by atoms with van der Waals surface area (Å²) in [6, 6.07) is -0.589. The van der Waals surface area contributed by atoms with Gasteiger partial charge < -0.3 is 10.0 Å². The molecule has 0 aromatic carbocycles. The lowest BCUT2D eigenvalue weighted by Gasteiger charge is -2.29. The number of thioether (sulfide) groups is 1. The summed E-state index contributed by atoms with van der Waals surface area (Å²) < 4.78 is 0. The van der Waals surface area contributed by atoms with Gasteiger partial charge in [0.2, 0.25) is 5.91 Å². The van der Waals surface area contributed by atoms with Crippen LogP contribution in [0.5, 0.6) is 0 Å². The summed E-state index contributed by atoms with van der Waals surface area (Å²) >= 11 is 1.67. The van der Waals surface area contributed by atoms with Crippen LogP contribution < -0.4 is 0 Å². The minimum atomic E-state index is -0.836.